The second kappa shape index (κ2) is 15.0. The van der Waals surface area contributed by atoms with Gasteiger partial charge >= 0.3 is 12.1 Å². The Kier molecular flexibility index (Phi) is 11.1. The van der Waals surface area contributed by atoms with E-state index in [1.54, 1.807) is 32.9 Å². The fourth-order valence-corrected chi connectivity index (χ4v) is 6.50. The minimum Gasteiger partial charge on any atom is -0.460 e. The first-order chi connectivity index (χ1) is 24.7. The van der Waals surface area contributed by atoms with Crippen molar-refractivity contribution in [2.75, 3.05) is 0 Å². The van der Waals surface area contributed by atoms with E-state index in [0.29, 0.717) is 37.0 Å². The molecule has 0 unspecified atom stereocenters. The molecule has 2 amide bonds. The summed E-state index contributed by atoms with van der Waals surface area (Å²) in [6.45, 7) is 10.7. The fourth-order valence-electron chi connectivity index (χ4n) is 6.50. The Balaban J connectivity index is 1.34. The maximum Gasteiger partial charge on any atom is 0.419 e. The van der Waals surface area contributed by atoms with Crippen molar-refractivity contribution in [3.8, 4) is 0 Å². The molecule has 1 aliphatic carbocycles. The average molecular weight is 742 g/mol. The number of carbonyl (C=O) groups is 4. The Bertz CT molecular complexity index is 2090. The van der Waals surface area contributed by atoms with E-state index in [1.165, 1.54) is 0 Å². The van der Waals surface area contributed by atoms with Crippen molar-refractivity contribution in [3.63, 3.8) is 0 Å². The summed E-state index contributed by atoms with van der Waals surface area (Å²) in [7, 11) is 0. The van der Waals surface area contributed by atoms with Crippen LogP contribution in [-0.2, 0) is 28.7 Å². The van der Waals surface area contributed by atoms with Crippen LogP contribution in [0.5, 0.6) is 0 Å². The van der Waals surface area contributed by atoms with E-state index in [2.05, 4.69) is 20.7 Å². The van der Waals surface area contributed by atoms with Crippen molar-refractivity contribution in [2.45, 2.75) is 91.6 Å². The van der Waals surface area contributed by atoms with Gasteiger partial charge in [-0.25, -0.2) is 18.3 Å². The first kappa shape index (κ1) is 39.0. The highest BCUT2D eigenvalue weighted by atomic mass is 19.4. The minimum atomic E-state index is -4.95. The third kappa shape index (κ3) is 8.88. The second-order valence-corrected chi connectivity index (χ2v) is 14.6. The number of esters is 1. The lowest BCUT2D eigenvalue weighted by Crippen LogP contribution is -2.31. The predicted octanol–water partition coefficient (Wildman–Crippen LogP) is 7.26. The van der Waals surface area contributed by atoms with Crippen LogP contribution in [0, 0.1) is 30.4 Å². The lowest BCUT2D eigenvalue weighted by molar-refractivity contribution is -0.160. The molecular formula is C38H40F5N5O5. The molecule has 2 N–H and O–H groups in total. The molecule has 5 rings (SSSR count). The molecule has 4 aromatic rings. The summed E-state index contributed by atoms with van der Waals surface area (Å²) in [4.78, 5) is 57.2. The number of hydrogen-bond acceptors (Lipinski definition) is 7. The van der Waals surface area contributed by atoms with Gasteiger partial charge in [-0.2, -0.15) is 18.3 Å². The molecule has 0 saturated carbocycles. The molecule has 0 fully saturated rings. The number of carbonyl (C=O) groups excluding carboxylic acids is 4. The van der Waals surface area contributed by atoms with Crippen LogP contribution in [0.2, 0.25) is 0 Å². The van der Waals surface area contributed by atoms with E-state index in [4.69, 9.17) is 4.74 Å². The Morgan fingerprint density at radius 1 is 1.00 bits per heavy atom. The number of benzene rings is 2. The summed E-state index contributed by atoms with van der Waals surface area (Å²) in [6.07, 6.45) is -2.65. The highest BCUT2D eigenvalue weighted by molar-refractivity contribution is 6.00. The van der Waals surface area contributed by atoms with Gasteiger partial charge < -0.3 is 15.4 Å². The van der Waals surface area contributed by atoms with Gasteiger partial charge in [-0.15, -0.1) is 0 Å². The van der Waals surface area contributed by atoms with Gasteiger partial charge in [-0.3, -0.25) is 19.2 Å². The molecule has 0 saturated heterocycles. The second-order valence-electron chi connectivity index (χ2n) is 14.6. The molecule has 0 aliphatic heterocycles. The number of hydrogen-bond donors (Lipinski definition) is 2. The normalized spacial score (nSPS) is 15.0. The number of alkyl halides is 3. The topological polar surface area (TPSA) is 132 Å². The number of aromatic nitrogens is 3. The van der Waals surface area contributed by atoms with Gasteiger partial charge in [0.25, 0.3) is 11.8 Å². The molecule has 0 bridgehead atoms. The zero-order valence-corrected chi connectivity index (χ0v) is 30.1. The van der Waals surface area contributed by atoms with E-state index >= 15 is 0 Å². The zero-order chi connectivity index (χ0) is 39.0. The van der Waals surface area contributed by atoms with Crippen molar-refractivity contribution < 1.29 is 45.9 Å². The van der Waals surface area contributed by atoms with Crippen LogP contribution in [0.4, 0.5) is 22.0 Å². The zero-order valence-electron chi connectivity index (χ0n) is 30.1. The summed E-state index contributed by atoms with van der Waals surface area (Å²) >= 11 is 0. The van der Waals surface area contributed by atoms with Crippen molar-refractivity contribution in [2.24, 2.45) is 11.8 Å². The molecule has 2 aromatic heterocycles. The first-order valence-corrected chi connectivity index (χ1v) is 17.1. The van der Waals surface area contributed by atoms with Crippen LogP contribution < -0.4 is 10.6 Å². The summed E-state index contributed by atoms with van der Waals surface area (Å²) in [5, 5.41) is 9.16. The highest BCUT2D eigenvalue weighted by Gasteiger charge is 2.35. The molecule has 0 radical (unpaired) electrons. The number of rotatable bonds is 11. The van der Waals surface area contributed by atoms with Gasteiger partial charge in [-0.1, -0.05) is 32.0 Å². The van der Waals surface area contributed by atoms with Crippen LogP contribution in [0.25, 0.3) is 5.65 Å². The van der Waals surface area contributed by atoms with E-state index < -0.39 is 76.6 Å². The number of nitrogens with zero attached hydrogens (tertiary/aromatic N) is 3. The smallest absolute Gasteiger partial charge is 0.419 e. The Labute approximate surface area is 302 Å². The van der Waals surface area contributed by atoms with E-state index in [0.717, 1.165) is 39.5 Å². The molecule has 10 nitrogen and oxygen atoms in total. The van der Waals surface area contributed by atoms with Crippen molar-refractivity contribution in [3.05, 3.63) is 99.0 Å². The molecule has 1 aliphatic rings. The molecule has 2 heterocycles. The summed E-state index contributed by atoms with van der Waals surface area (Å²) in [5.74, 6) is -5.10. The van der Waals surface area contributed by atoms with Gasteiger partial charge in [0.1, 0.15) is 22.8 Å². The van der Waals surface area contributed by atoms with E-state index in [-0.39, 0.29) is 29.4 Å². The number of halogens is 5. The van der Waals surface area contributed by atoms with Crippen LogP contribution >= 0.6 is 0 Å². The molecule has 15 heteroatoms. The Morgan fingerprint density at radius 2 is 1.72 bits per heavy atom. The average Bonchev–Trinajstić information content (AvgIpc) is 3.65. The Morgan fingerprint density at radius 3 is 2.38 bits per heavy atom. The maximum absolute atomic E-state index is 14.7. The van der Waals surface area contributed by atoms with E-state index in [9.17, 15) is 41.1 Å². The number of fused-ring (bicyclic) bond motifs is 2. The number of amides is 2. The monoisotopic (exact) mass is 741 g/mol. The fraction of sp³-hybridized carbons (Fsp3) is 0.421. The van der Waals surface area contributed by atoms with Crippen molar-refractivity contribution in [1.29, 1.82) is 0 Å². The number of nitrogens with one attached hydrogen (secondary N) is 2. The summed E-state index contributed by atoms with van der Waals surface area (Å²) in [5.41, 5.74) is -0.474. The molecule has 2 aromatic carbocycles. The molecular weight excluding hydrogens is 701 g/mol. The van der Waals surface area contributed by atoms with Crippen LogP contribution in [0.3, 0.4) is 0 Å². The predicted molar refractivity (Wildman–Crippen MR) is 183 cm³/mol. The lowest BCUT2D eigenvalue weighted by atomic mass is 9.88. The van der Waals surface area contributed by atoms with Gasteiger partial charge in [-0.05, 0) is 87.3 Å². The Hall–Kier alpha value is -5.21. The van der Waals surface area contributed by atoms with Gasteiger partial charge in [0.2, 0.25) is 0 Å². The first-order valence-electron chi connectivity index (χ1n) is 17.1. The molecule has 53 heavy (non-hydrogen) atoms. The standard InChI is InChI=1S/C38H40F5N5O5/c1-19(2)13-22(36(52)53-37(4,5)6)15-32(49)24-8-9-25-23(20(24)3)10-12-29(25)47-35(51)31-16-30(46-33-28(40)18-45-48(31)33)34(50)44-17-21-7-11-27(39)26(14-21)38(41,42)43/h7-9,11,14,16,18-19,22,29H,10,12-13,15,17H2,1-6H3,(H,44,50)(H,47,51)/t22-,29+/m1/s1. The van der Waals surface area contributed by atoms with Crippen LogP contribution in [0.1, 0.15) is 119 Å². The highest BCUT2D eigenvalue weighted by Crippen LogP contribution is 2.36. The quantitative estimate of drug-likeness (QED) is 0.0940. The molecule has 282 valence electrons. The number of ketones is 1. The number of Topliss-reactive ketones (excluding diaryl/α,β-unsaturated/α-hetero) is 1. The van der Waals surface area contributed by atoms with Gasteiger partial charge in [0, 0.05) is 24.6 Å². The van der Waals surface area contributed by atoms with Crippen molar-refractivity contribution in [1.82, 2.24) is 25.2 Å². The van der Waals surface area contributed by atoms with E-state index in [1.807, 2.05) is 20.8 Å². The molecule has 0 spiro atoms. The third-order valence-corrected chi connectivity index (χ3v) is 8.91. The molecule has 2 atom stereocenters. The lowest BCUT2D eigenvalue weighted by Gasteiger charge is -2.25. The summed E-state index contributed by atoms with van der Waals surface area (Å²) in [6, 6.07) is 6.27. The SMILES string of the molecule is Cc1c(C(=O)C[C@@H](CC(C)C)C(=O)OC(C)(C)C)ccc2c1CC[C@@H]2NC(=O)c1cc(C(=O)NCc2ccc(F)c(C(F)(F)F)c2)nc2c(F)cnn12. The van der Waals surface area contributed by atoms with Crippen molar-refractivity contribution >= 4 is 29.2 Å². The third-order valence-electron chi connectivity index (χ3n) is 8.91. The minimum absolute atomic E-state index is 0.0141. The summed E-state index contributed by atoms with van der Waals surface area (Å²) < 4.78 is 74.4. The number of ether oxygens (including phenoxy) is 1. The maximum atomic E-state index is 14.7. The van der Waals surface area contributed by atoms with Crippen LogP contribution in [0.15, 0.2) is 42.6 Å². The van der Waals surface area contributed by atoms with Gasteiger partial charge in [0.05, 0.1) is 23.7 Å². The largest absolute Gasteiger partial charge is 0.460 e. The van der Waals surface area contributed by atoms with Crippen LogP contribution in [-0.4, -0.2) is 43.8 Å². The van der Waals surface area contributed by atoms with Gasteiger partial charge in [0.15, 0.2) is 17.2 Å².